The lowest BCUT2D eigenvalue weighted by Crippen LogP contribution is -2.34. The van der Waals surface area contributed by atoms with Gasteiger partial charge in [0.1, 0.15) is 6.33 Å². The van der Waals surface area contributed by atoms with Crippen LogP contribution in [-0.2, 0) is 0 Å². The molecule has 0 bridgehead atoms. The van der Waals surface area contributed by atoms with E-state index in [2.05, 4.69) is 20.8 Å². The number of carbonyl (C=O) groups is 1. The fraction of sp³-hybridized carbons (Fsp3) is 0.421. The zero-order chi connectivity index (χ0) is 21.6. The van der Waals surface area contributed by atoms with Crippen molar-refractivity contribution >= 4 is 34.8 Å². The Bertz CT molecular complexity index is 865. The van der Waals surface area contributed by atoms with Gasteiger partial charge in [-0.2, -0.15) is 0 Å². The summed E-state index contributed by atoms with van der Waals surface area (Å²) in [6.07, 6.45) is 1.24. The van der Waals surface area contributed by atoms with Gasteiger partial charge < -0.3 is 4.90 Å². The van der Waals surface area contributed by atoms with Crippen LogP contribution in [0, 0.1) is 22.0 Å². The summed E-state index contributed by atoms with van der Waals surface area (Å²) in [5.74, 6) is 0.130. The highest BCUT2D eigenvalue weighted by atomic mass is 35.5. The molecular formula is C19H25ClN6O3. The van der Waals surface area contributed by atoms with E-state index < -0.39 is 10.8 Å². The van der Waals surface area contributed by atoms with Crippen LogP contribution in [0.25, 0.3) is 0 Å². The van der Waals surface area contributed by atoms with Crippen LogP contribution in [-0.4, -0.2) is 33.9 Å². The molecule has 0 saturated carbocycles. The summed E-state index contributed by atoms with van der Waals surface area (Å²) < 4.78 is 0. The molecule has 0 spiro atoms. The zero-order valence-corrected chi connectivity index (χ0v) is 17.6. The highest BCUT2D eigenvalue weighted by Gasteiger charge is 2.28. The minimum atomic E-state index is -0.549. The smallest absolute Gasteiger partial charge is 0.350 e. The first-order valence-electron chi connectivity index (χ1n) is 9.25. The van der Waals surface area contributed by atoms with Gasteiger partial charge in [0.25, 0.3) is 5.91 Å². The maximum Gasteiger partial charge on any atom is 0.355 e. The summed E-state index contributed by atoms with van der Waals surface area (Å²) in [5, 5.41) is 12.1. The van der Waals surface area contributed by atoms with E-state index in [-0.39, 0.29) is 39.7 Å². The third-order valence-electron chi connectivity index (χ3n) is 3.87. The highest BCUT2D eigenvalue weighted by Crippen LogP contribution is 2.32. The molecular weight excluding hydrogens is 396 g/mol. The Hall–Kier alpha value is -2.94. The molecule has 1 heterocycles. The number of benzene rings is 1. The minimum absolute atomic E-state index is 0.0992. The highest BCUT2D eigenvalue weighted by molar-refractivity contribution is 6.33. The maximum absolute atomic E-state index is 12.3. The van der Waals surface area contributed by atoms with Crippen LogP contribution < -0.4 is 15.8 Å². The molecule has 2 rings (SSSR count). The molecule has 1 amide bonds. The van der Waals surface area contributed by atoms with Crippen LogP contribution in [0.5, 0.6) is 0 Å². The summed E-state index contributed by atoms with van der Waals surface area (Å²) >= 11 is 6.02. The predicted octanol–water partition coefficient (Wildman–Crippen LogP) is 3.91. The Balaban J connectivity index is 2.33. The maximum atomic E-state index is 12.3. The molecule has 0 saturated heterocycles. The van der Waals surface area contributed by atoms with Crippen molar-refractivity contribution in [3.8, 4) is 0 Å². The number of amides is 1. The number of halogens is 1. The van der Waals surface area contributed by atoms with Crippen molar-refractivity contribution < 1.29 is 9.72 Å². The number of hydrazine groups is 1. The van der Waals surface area contributed by atoms with Gasteiger partial charge in [-0.05, 0) is 24.0 Å². The Morgan fingerprint density at radius 3 is 2.34 bits per heavy atom. The SMILES string of the molecule is CC(C)CN(CC(C)C)c1ncnc(NNC(=O)c2ccccc2Cl)c1[N+](=O)[O-]. The van der Waals surface area contributed by atoms with Gasteiger partial charge in [-0.15, -0.1) is 0 Å². The van der Waals surface area contributed by atoms with E-state index in [0.29, 0.717) is 13.1 Å². The Labute approximate surface area is 174 Å². The molecule has 0 unspecified atom stereocenters. The van der Waals surface area contributed by atoms with E-state index in [1.54, 1.807) is 24.3 Å². The second-order valence-corrected chi connectivity index (χ2v) is 7.81. The molecule has 1 aromatic carbocycles. The van der Waals surface area contributed by atoms with Crippen molar-refractivity contribution in [1.82, 2.24) is 15.4 Å². The van der Waals surface area contributed by atoms with Gasteiger partial charge in [0.05, 0.1) is 15.5 Å². The molecule has 0 aliphatic rings. The normalized spacial score (nSPS) is 10.9. The van der Waals surface area contributed by atoms with Crippen molar-refractivity contribution in [2.75, 3.05) is 23.4 Å². The second kappa shape index (κ2) is 10.0. The third kappa shape index (κ3) is 6.02. The number of anilines is 2. The molecule has 0 aliphatic heterocycles. The quantitative estimate of drug-likeness (QED) is 0.467. The van der Waals surface area contributed by atoms with E-state index >= 15 is 0 Å². The van der Waals surface area contributed by atoms with E-state index in [9.17, 15) is 14.9 Å². The lowest BCUT2D eigenvalue weighted by atomic mass is 10.1. The summed E-state index contributed by atoms with van der Waals surface area (Å²) in [6, 6.07) is 6.50. The largest absolute Gasteiger partial charge is 0.355 e. The van der Waals surface area contributed by atoms with Crippen LogP contribution in [0.2, 0.25) is 5.02 Å². The summed E-state index contributed by atoms with van der Waals surface area (Å²) in [6.45, 7) is 9.32. The lowest BCUT2D eigenvalue weighted by molar-refractivity contribution is -0.383. The first kappa shape index (κ1) is 22.4. The fourth-order valence-electron chi connectivity index (χ4n) is 2.82. The van der Waals surface area contributed by atoms with Crippen molar-refractivity contribution in [2.24, 2.45) is 11.8 Å². The number of carbonyl (C=O) groups excluding carboxylic acids is 1. The average molecular weight is 421 g/mol. The Kier molecular flexibility index (Phi) is 7.72. The molecule has 2 aromatic rings. The Morgan fingerprint density at radius 1 is 1.17 bits per heavy atom. The fourth-order valence-corrected chi connectivity index (χ4v) is 3.04. The van der Waals surface area contributed by atoms with E-state index in [1.807, 2.05) is 32.6 Å². The molecule has 2 N–H and O–H groups in total. The molecule has 0 atom stereocenters. The van der Waals surface area contributed by atoms with E-state index in [0.717, 1.165) is 0 Å². The lowest BCUT2D eigenvalue weighted by Gasteiger charge is -2.27. The summed E-state index contributed by atoms with van der Waals surface area (Å²) in [4.78, 5) is 33.6. The number of nitrogens with one attached hydrogen (secondary N) is 2. The van der Waals surface area contributed by atoms with Crippen LogP contribution in [0.4, 0.5) is 17.3 Å². The van der Waals surface area contributed by atoms with Crippen LogP contribution in [0.1, 0.15) is 38.1 Å². The molecule has 10 heteroatoms. The van der Waals surface area contributed by atoms with E-state index in [1.165, 1.54) is 6.33 Å². The molecule has 0 aliphatic carbocycles. The topological polar surface area (TPSA) is 113 Å². The van der Waals surface area contributed by atoms with Gasteiger partial charge in [0.2, 0.25) is 11.6 Å². The number of hydrogen-bond donors (Lipinski definition) is 2. The Morgan fingerprint density at radius 2 is 1.79 bits per heavy atom. The summed E-state index contributed by atoms with van der Waals surface area (Å²) in [5.41, 5.74) is 4.89. The van der Waals surface area contributed by atoms with Gasteiger partial charge >= 0.3 is 5.69 Å². The molecule has 29 heavy (non-hydrogen) atoms. The van der Waals surface area contributed by atoms with Crippen LogP contribution in [0.15, 0.2) is 30.6 Å². The molecule has 1 aromatic heterocycles. The standard InChI is InChI=1S/C19H25ClN6O3/c1-12(2)9-25(10-13(3)4)18-16(26(28)29)17(21-11-22-18)23-24-19(27)14-7-5-6-8-15(14)20/h5-8,11-13H,9-10H2,1-4H3,(H,24,27)(H,21,22,23). The molecule has 0 radical (unpaired) electrons. The van der Waals surface area contributed by atoms with Crippen molar-refractivity contribution in [3.05, 3.63) is 51.3 Å². The number of rotatable bonds is 9. The molecule has 156 valence electrons. The first-order valence-corrected chi connectivity index (χ1v) is 9.63. The van der Waals surface area contributed by atoms with Crippen LogP contribution in [0.3, 0.4) is 0 Å². The number of aromatic nitrogens is 2. The third-order valence-corrected chi connectivity index (χ3v) is 4.20. The number of nitro groups is 1. The monoisotopic (exact) mass is 420 g/mol. The molecule has 9 nitrogen and oxygen atoms in total. The van der Waals surface area contributed by atoms with E-state index in [4.69, 9.17) is 11.6 Å². The van der Waals surface area contributed by atoms with Crippen molar-refractivity contribution in [2.45, 2.75) is 27.7 Å². The van der Waals surface area contributed by atoms with Crippen LogP contribution >= 0.6 is 11.6 Å². The van der Waals surface area contributed by atoms with Gasteiger partial charge in [-0.1, -0.05) is 51.4 Å². The van der Waals surface area contributed by atoms with Gasteiger partial charge in [-0.3, -0.25) is 25.8 Å². The van der Waals surface area contributed by atoms with Crippen molar-refractivity contribution in [1.29, 1.82) is 0 Å². The van der Waals surface area contributed by atoms with Crippen molar-refractivity contribution in [3.63, 3.8) is 0 Å². The zero-order valence-electron chi connectivity index (χ0n) is 16.8. The second-order valence-electron chi connectivity index (χ2n) is 7.40. The number of hydrogen-bond acceptors (Lipinski definition) is 7. The van der Waals surface area contributed by atoms with Gasteiger partial charge in [0.15, 0.2) is 0 Å². The van der Waals surface area contributed by atoms with Gasteiger partial charge in [0, 0.05) is 13.1 Å². The number of nitrogens with zero attached hydrogens (tertiary/aromatic N) is 4. The minimum Gasteiger partial charge on any atom is -0.350 e. The first-order chi connectivity index (χ1) is 13.7. The molecule has 0 fully saturated rings. The van der Waals surface area contributed by atoms with Gasteiger partial charge in [-0.25, -0.2) is 9.97 Å². The predicted molar refractivity (Wildman–Crippen MR) is 113 cm³/mol. The summed E-state index contributed by atoms with van der Waals surface area (Å²) in [7, 11) is 0. The average Bonchev–Trinajstić information content (AvgIpc) is 2.64.